The molecule has 0 atom stereocenters. The lowest BCUT2D eigenvalue weighted by Crippen LogP contribution is -2.29. The number of nitrogens with two attached hydrogens (primary N) is 1. The molecule has 0 radical (unpaired) electrons. The lowest BCUT2D eigenvalue weighted by Gasteiger charge is -2.12. The Kier molecular flexibility index (Phi) is 2.91. The summed E-state index contributed by atoms with van der Waals surface area (Å²) in [6.07, 6.45) is 2.10. The predicted octanol–water partition coefficient (Wildman–Crippen LogP) is 2.81. The molecule has 0 aliphatic heterocycles. The van der Waals surface area contributed by atoms with E-state index in [1.54, 1.807) is 0 Å². The molecule has 1 aromatic rings. The number of hydrogen-bond acceptors (Lipinski definition) is 2. The van der Waals surface area contributed by atoms with Crippen LogP contribution in [0.5, 0.6) is 5.75 Å². The van der Waals surface area contributed by atoms with Crippen LogP contribution in [0, 0.1) is 3.57 Å². The van der Waals surface area contributed by atoms with Gasteiger partial charge in [-0.25, -0.2) is 0 Å². The molecule has 0 heterocycles. The lowest BCUT2D eigenvalue weighted by molar-refractivity contribution is 0.279. The van der Waals surface area contributed by atoms with Gasteiger partial charge in [0, 0.05) is 3.57 Å². The average molecular weight is 324 g/mol. The highest BCUT2D eigenvalue weighted by molar-refractivity contribution is 14.1. The molecule has 2 nitrogen and oxygen atoms in total. The first-order valence-corrected chi connectivity index (χ1v) is 5.91. The Morgan fingerprint density at radius 2 is 2.21 bits per heavy atom. The van der Waals surface area contributed by atoms with Crippen LogP contribution >= 0.6 is 34.2 Å². The molecule has 14 heavy (non-hydrogen) atoms. The van der Waals surface area contributed by atoms with Crippen LogP contribution in [0.2, 0.25) is 5.02 Å². The van der Waals surface area contributed by atoms with E-state index in [4.69, 9.17) is 22.1 Å². The molecule has 4 heteroatoms. The Balaban J connectivity index is 2.04. The van der Waals surface area contributed by atoms with Gasteiger partial charge in [0.05, 0.1) is 10.6 Å². The summed E-state index contributed by atoms with van der Waals surface area (Å²) in [5.74, 6) is 0.732. The van der Waals surface area contributed by atoms with Crippen molar-refractivity contribution in [2.24, 2.45) is 5.73 Å². The third-order valence-corrected chi connectivity index (χ3v) is 3.28. The van der Waals surface area contributed by atoms with E-state index in [2.05, 4.69) is 22.6 Å². The van der Waals surface area contributed by atoms with Crippen molar-refractivity contribution in [3.8, 4) is 5.75 Å². The summed E-state index contributed by atoms with van der Waals surface area (Å²) in [5.41, 5.74) is 5.82. The molecule has 1 aliphatic rings. The van der Waals surface area contributed by atoms with E-state index in [1.807, 2.05) is 18.2 Å². The van der Waals surface area contributed by atoms with E-state index in [1.165, 1.54) is 0 Å². The van der Waals surface area contributed by atoms with Crippen LogP contribution < -0.4 is 10.5 Å². The van der Waals surface area contributed by atoms with Crippen molar-refractivity contribution in [3.05, 3.63) is 26.8 Å². The van der Waals surface area contributed by atoms with E-state index in [0.717, 1.165) is 22.2 Å². The van der Waals surface area contributed by atoms with Gasteiger partial charge >= 0.3 is 0 Å². The first kappa shape index (κ1) is 10.5. The summed E-state index contributed by atoms with van der Waals surface area (Å²) in [6.45, 7) is 0.562. The highest BCUT2D eigenvalue weighted by Gasteiger charge is 2.39. The summed E-state index contributed by atoms with van der Waals surface area (Å²) in [5, 5.41) is 0.648. The molecule has 1 fully saturated rings. The molecule has 2 rings (SSSR count). The minimum absolute atomic E-state index is 0.0927. The summed E-state index contributed by atoms with van der Waals surface area (Å²) < 4.78 is 6.70. The Morgan fingerprint density at radius 1 is 1.50 bits per heavy atom. The van der Waals surface area contributed by atoms with Gasteiger partial charge < -0.3 is 10.5 Å². The fourth-order valence-electron chi connectivity index (χ4n) is 1.11. The number of halogens is 2. The largest absolute Gasteiger partial charge is 0.490 e. The van der Waals surface area contributed by atoms with Gasteiger partial charge in [0.15, 0.2) is 0 Å². The maximum Gasteiger partial charge on any atom is 0.139 e. The lowest BCUT2D eigenvalue weighted by atomic mass is 10.3. The molecule has 0 saturated heterocycles. The van der Waals surface area contributed by atoms with Crippen molar-refractivity contribution in [2.75, 3.05) is 6.61 Å². The number of ether oxygens (including phenoxy) is 1. The maximum absolute atomic E-state index is 5.98. The zero-order chi connectivity index (χ0) is 10.2. The quantitative estimate of drug-likeness (QED) is 0.868. The molecule has 0 bridgehead atoms. The van der Waals surface area contributed by atoms with Crippen molar-refractivity contribution in [3.63, 3.8) is 0 Å². The zero-order valence-corrected chi connectivity index (χ0v) is 10.5. The SMILES string of the molecule is NC1(COc2cc(I)ccc2Cl)CC1. The first-order valence-electron chi connectivity index (χ1n) is 4.46. The van der Waals surface area contributed by atoms with Crippen LogP contribution in [0.3, 0.4) is 0 Å². The van der Waals surface area contributed by atoms with Crippen LogP contribution in [0.25, 0.3) is 0 Å². The van der Waals surface area contributed by atoms with Crippen molar-refractivity contribution in [1.82, 2.24) is 0 Å². The van der Waals surface area contributed by atoms with E-state index < -0.39 is 0 Å². The molecule has 2 N–H and O–H groups in total. The molecule has 0 spiro atoms. The van der Waals surface area contributed by atoms with Gasteiger partial charge in [0.1, 0.15) is 12.4 Å². The van der Waals surface area contributed by atoms with E-state index in [-0.39, 0.29) is 5.54 Å². The van der Waals surface area contributed by atoms with Gasteiger partial charge in [0.2, 0.25) is 0 Å². The minimum Gasteiger partial charge on any atom is -0.490 e. The van der Waals surface area contributed by atoms with Crippen LogP contribution in [-0.4, -0.2) is 12.1 Å². The van der Waals surface area contributed by atoms with Gasteiger partial charge in [-0.2, -0.15) is 0 Å². The smallest absolute Gasteiger partial charge is 0.139 e. The van der Waals surface area contributed by atoms with Crippen molar-refractivity contribution in [1.29, 1.82) is 0 Å². The van der Waals surface area contributed by atoms with Gasteiger partial charge in [-0.1, -0.05) is 11.6 Å². The second-order valence-electron chi connectivity index (χ2n) is 3.73. The van der Waals surface area contributed by atoms with Crippen molar-refractivity contribution in [2.45, 2.75) is 18.4 Å². The first-order chi connectivity index (χ1) is 6.59. The normalized spacial score (nSPS) is 17.9. The summed E-state index contributed by atoms with van der Waals surface area (Å²) in [6, 6.07) is 5.72. The Labute approximate surface area is 102 Å². The van der Waals surface area contributed by atoms with Crippen LogP contribution in [0.4, 0.5) is 0 Å². The maximum atomic E-state index is 5.98. The second-order valence-corrected chi connectivity index (χ2v) is 5.38. The Hall–Kier alpha value is -0.0000000000000000555. The highest BCUT2D eigenvalue weighted by Crippen LogP contribution is 2.34. The van der Waals surface area contributed by atoms with Crippen molar-refractivity contribution < 1.29 is 4.74 Å². The Bertz CT molecular complexity index is 352. The third-order valence-electron chi connectivity index (χ3n) is 2.30. The topological polar surface area (TPSA) is 35.2 Å². The molecule has 0 amide bonds. The molecule has 1 aliphatic carbocycles. The molecule has 76 valence electrons. The van der Waals surface area contributed by atoms with Crippen LogP contribution in [-0.2, 0) is 0 Å². The van der Waals surface area contributed by atoms with E-state index in [9.17, 15) is 0 Å². The Morgan fingerprint density at radius 3 is 2.86 bits per heavy atom. The average Bonchev–Trinajstić information content (AvgIpc) is 2.87. The zero-order valence-electron chi connectivity index (χ0n) is 7.59. The molecule has 1 saturated carbocycles. The number of hydrogen-bond donors (Lipinski definition) is 1. The summed E-state index contributed by atoms with van der Waals surface area (Å²) in [4.78, 5) is 0. The van der Waals surface area contributed by atoms with Crippen LogP contribution in [0.15, 0.2) is 18.2 Å². The monoisotopic (exact) mass is 323 g/mol. The van der Waals surface area contributed by atoms with Crippen molar-refractivity contribution >= 4 is 34.2 Å². The van der Waals surface area contributed by atoms with Gasteiger partial charge in [0.25, 0.3) is 0 Å². The van der Waals surface area contributed by atoms with E-state index in [0.29, 0.717) is 11.6 Å². The molecule has 0 unspecified atom stereocenters. The fraction of sp³-hybridized carbons (Fsp3) is 0.400. The van der Waals surface area contributed by atoms with Crippen LogP contribution in [0.1, 0.15) is 12.8 Å². The van der Waals surface area contributed by atoms with Gasteiger partial charge in [-0.05, 0) is 53.6 Å². The van der Waals surface area contributed by atoms with Gasteiger partial charge in [-0.15, -0.1) is 0 Å². The molecule has 1 aromatic carbocycles. The fourth-order valence-corrected chi connectivity index (χ4v) is 1.75. The molecule has 0 aromatic heterocycles. The van der Waals surface area contributed by atoms with E-state index >= 15 is 0 Å². The number of benzene rings is 1. The minimum atomic E-state index is -0.0927. The third kappa shape index (κ3) is 2.52. The molecular formula is C10H11ClINO. The summed E-state index contributed by atoms with van der Waals surface area (Å²) >= 11 is 8.20. The summed E-state index contributed by atoms with van der Waals surface area (Å²) in [7, 11) is 0. The van der Waals surface area contributed by atoms with Gasteiger partial charge in [-0.3, -0.25) is 0 Å². The number of rotatable bonds is 3. The molecular weight excluding hydrogens is 312 g/mol. The standard InChI is InChI=1S/C10H11ClINO/c11-8-2-1-7(12)5-9(8)14-6-10(13)3-4-10/h1-2,5H,3-4,6,13H2. The second kappa shape index (κ2) is 3.87. The predicted molar refractivity (Wildman–Crippen MR) is 65.8 cm³/mol. The highest BCUT2D eigenvalue weighted by atomic mass is 127.